The molecule has 3 nitrogen and oxygen atoms in total. The van der Waals surface area contributed by atoms with Crippen LogP contribution in [0.25, 0.3) is 0 Å². The molecule has 2 aromatic rings. The van der Waals surface area contributed by atoms with E-state index in [2.05, 4.69) is 12.1 Å². The highest BCUT2D eigenvalue weighted by Gasteiger charge is 2.41. The van der Waals surface area contributed by atoms with Crippen molar-refractivity contribution in [3.05, 3.63) is 69.7 Å². The van der Waals surface area contributed by atoms with Crippen LogP contribution in [0.15, 0.2) is 48.5 Å². The molecule has 0 spiro atoms. The van der Waals surface area contributed by atoms with Crippen LogP contribution in [0.5, 0.6) is 0 Å². The molecule has 0 bridgehead atoms. The van der Waals surface area contributed by atoms with Crippen molar-refractivity contribution < 1.29 is 14.6 Å². The minimum absolute atomic E-state index is 0.0624. The average molecular weight is 409 g/mol. The van der Waals surface area contributed by atoms with Gasteiger partial charge in [0.25, 0.3) is 0 Å². The normalized spacial score (nSPS) is 24.6. The van der Waals surface area contributed by atoms with Crippen molar-refractivity contribution in [1.82, 2.24) is 0 Å². The largest absolute Gasteiger partial charge is 0.390 e. The smallest absolute Gasteiger partial charge is 0.0889 e. The van der Waals surface area contributed by atoms with Crippen LogP contribution in [0.4, 0.5) is 0 Å². The van der Waals surface area contributed by atoms with Gasteiger partial charge in [0.2, 0.25) is 0 Å². The Kier molecular flexibility index (Phi) is 6.50. The van der Waals surface area contributed by atoms with E-state index in [0.717, 1.165) is 11.1 Å². The van der Waals surface area contributed by atoms with Crippen molar-refractivity contribution in [3.8, 4) is 0 Å². The first-order valence-electron chi connectivity index (χ1n) is 9.20. The Labute approximate surface area is 171 Å². The van der Waals surface area contributed by atoms with Crippen molar-refractivity contribution in [2.24, 2.45) is 5.92 Å². The molecule has 1 N–H and O–H groups in total. The molecule has 146 valence electrons. The Morgan fingerprint density at radius 1 is 1.04 bits per heavy atom. The first kappa shape index (κ1) is 20.6. The molecular weight excluding hydrogens is 383 g/mol. The van der Waals surface area contributed by atoms with Gasteiger partial charge in [0.1, 0.15) is 0 Å². The summed E-state index contributed by atoms with van der Waals surface area (Å²) < 4.78 is 12.2. The zero-order valence-electron chi connectivity index (χ0n) is 15.9. The number of ether oxygens (including phenoxy) is 2. The van der Waals surface area contributed by atoms with Gasteiger partial charge in [-0.1, -0.05) is 59.6 Å². The lowest BCUT2D eigenvalue weighted by Crippen LogP contribution is -2.42. The van der Waals surface area contributed by atoms with Crippen molar-refractivity contribution >= 4 is 23.2 Å². The van der Waals surface area contributed by atoms with E-state index in [9.17, 15) is 5.11 Å². The zero-order chi connectivity index (χ0) is 19.6. The number of aliphatic hydroxyl groups is 1. The lowest BCUT2D eigenvalue weighted by molar-refractivity contribution is -0.142. The van der Waals surface area contributed by atoms with Crippen molar-refractivity contribution in [1.29, 1.82) is 0 Å². The lowest BCUT2D eigenvalue weighted by atomic mass is 9.76. The van der Waals surface area contributed by atoms with Gasteiger partial charge in [-0.25, -0.2) is 0 Å². The Morgan fingerprint density at radius 2 is 1.74 bits per heavy atom. The molecule has 2 aromatic carbocycles. The van der Waals surface area contributed by atoms with E-state index in [1.807, 2.05) is 51.1 Å². The van der Waals surface area contributed by atoms with Crippen LogP contribution in [0.2, 0.25) is 10.0 Å². The maximum Gasteiger partial charge on any atom is 0.0889 e. The molecule has 0 radical (unpaired) electrons. The van der Waals surface area contributed by atoms with Crippen LogP contribution < -0.4 is 0 Å². The quantitative estimate of drug-likeness (QED) is 0.710. The monoisotopic (exact) mass is 408 g/mol. The van der Waals surface area contributed by atoms with Crippen LogP contribution in [0, 0.1) is 5.92 Å². The molecule has 0 aliphatic carbocycles. The van der Waals surface area contributed by atoms with E-state index in [0.29, 0.717) is 23.3 Å². The van der Waals surface area contributed by atoms with Gasteiger partial charge in [0.05, 0.1) is 41.1 Å². The van der Waals surface area contributed by atoms with Crippen molar-refractivity contribution in [2.45, 2.75) is 44.5 Å². The summed E-state index contributed by atoms with van der Waals surface area (Å²) in [6, 6.07) is 15.7. The minimum atomic E-state index is -0.643. The first-order chi connectivity index (χ1) is 12.8. The maximum atomic E-state index is 10.8. The Bertz CT molecular complexity index is 758. The molecule has 1 fully saturated rings. The lowest BCUT2D eigenvalue weighted by Gasteiger charge is -2.42. The molecular formula is C22H26Cl2O3. The Balaban J connectivity index is 2.03. The summed E-state index contributed by atoms with van der Waals surface area (Å²) in [5.74, 6) is -0.228. The standard InChI is InChI=1S/C22H26Cl2O3/c1-22(2,3)27-21(14-7-5-4-6-8-14)16-12-26-13-19(25)20(16)15-9-10-17(23)18(24)11-15/h4-11,16,19-21,25H,12-13H2,1-3H3/t16-,19+,20+,21?/m0/s1. The van der Waals surface area contributed by atoms with Gasteiger partial charge < -0.3 is 14.6 Å². The number of halogens is 2. The highest BCUT2D eigenvalue weighted by atomic mass is 35.5. The molecule has 4 atom stereocenters. The predicted octanol–water partition coefficient (Wildman–Crippen LogP) is 5.64. The second-order valence-corrected chi connectivity index (χ2v) is 8.84. The third-order valence-corrected chi connectivity index (χ3v) is 5.54. The van der Waals surface area contributed by atoms with E-state index in [4.69, 9.17) is 32.7 Å². The average Bonchev–Trinajstić information content (AvgIpc) is 2.62. The van der Waals surface area contributed by atoms with Crippen LogP contribution in [0.3, 0.4) is 0 Å². The van der Waals surface area contributed by atoms with E-state index < -0.39 is 6.10 Å². The molecule has 1 saturated heterocycles. The molecule has 27 heavy (non-hydrogen) atoms. The second kappa shape index (κ2) is 8.50. The first-order valence-corrected chi connectivity index (χ1v) is 9.95. The third-order valence-electron chi connectivity index (χ3n) is 4.80. The highest BCUT2D eigenvalue weighted by Crippen LogP contribution is 2.44. The predicted molar refractivity (Wildman–Crippen MR) is 110 cm³/mol. The number of benzene rings is 2. The van der Waals surface area contributed by atoms with E-state index in [1.54, 1.807) is 6.07 Å². The summed E-state index contributed by atoms with van der Waals surface area (Å²) in [6.07, 6.45) is -0.864. The molecule has 1 heterocycles. The molecule has 0 aromatic heterocycles. The van der Waals surface area contributed by atoms with Gasteiger partial charge in [0, 0.05) is 11.8 Å². The fourth-order valence-electron chi connectivity index (χ4n) is 3.71. The second-order valence-electron chi connectivity index (χ2n) is 8.03. The molecule has 1 aliphatic rings. The fraction of sp³-hybridized carbons (Fsp3) is 0.455. The number of hydrogen-bond donors (Lipinski definition) is 1. The van der Waals surface area contributed by atoms with Gasteiger partial charge in [-0.05, 0) is 44.0 Å². The molecule has 1 aliphatic heterocycles. The van der Waals surface area contributed by atoms with Gasteiger partial charge in [-0.15, -0.1) is 0 Å². The van der Waals surface area contributed by atoms with Crippen LogP contribution in [-0.4, -0.2) is 30.0 Å². The fourth-order valence-corrected chi connectivity index (χ4v) is 4.02. The molecule has 5 heteroatoms. The molecule has 0 amide bonds. The van der Waals surface area contributed by atoms with Crippen LogP contribution >= 0.6 is 23.2 Å². The van der Waals surface area contributed by atoms with E-state index >= 15 is 0 Å². The highest BCUT2D eigenvalue weighted by molar-refractivity contribution is 6.42. The molecule has 3 rings (SSSR count). The zero-order valence-corrected chi connectivity index (χ0v) is 17.4. The SMILES string of the molecule is CC(C)(C)OC(c1ccccc1)[C@H]1COC[C@@H](O)[C@@H]1c1ccc(Cl)c(Cl)c1. The van der Waals surface area contributed by atoms with Crippen LogP contribution in [-0.2, 0) is 9.47 Å². The summed E-state index contributed by atoms with van der Waals surface area (Å²) in [7, 11) is 0. The summed E-state index contributed by atoms with van der Waals surface area (Å²) in [4.78, 5) is 0. The summed E-state index contributed by atoms with van der Waals surface area (Å²) in [5.41, 5.74) is 1.68. The number of rotatable bonds is 4. The number of aliphatic hydroxyl groups excluding tert-OH is 1. The maximum absolute atomic E-state index is 10.8. The van der Waals surface area contributed by atoms with Crippen molar-refractivity contribution in [2.75, 3.05) is 13.2 Å². The topological polar surface area (TPSA) is 38.7 Å². The van der Waals surface area contributed by atoms with Gasteiger partial charge in [-0.3, -0.25) is 0 Å². The van der Waals surface area contributed by atoms with Gasteiger partial charge >= 0.3 is 0 Å². The molecule has 1 unspecified atom stereocenters. The number of hydrogen-bond acceptors (Lipinski definition) is 3. The van der Waals surface area contributed by atoms with Crippen molar-refractivity contribution in [3.63, 3.8) is 0 Å². The van der Waals surface area contributed by atoms with E-state index in [1.165, 1.54) is 0 Å². The van der Waals surface area contributed by atoms with E-state index in [-0.39, 0.29) is 23.5 Å². The van der Waals surface area contributed by atoms with Gasteiger partial charge in [0.15, 0.2) is 0 Å². The Hall–Kier alpha value is -1.10. The Morgan fingerprint density at radius 3 is 2.37 bits per heavy atom. The summed E-state index contributed by atoms with van der Waals surface area (Å²) >= 11 is 12.3. The molecule has 0 saturated carbocycles. The minimum Gasteiger partial charge on any atom is -0.390 e. The summed E-state index contributed by atoms with van der Waals surface area (Å²) in [5, 5.41) is 11.8. The third kappa shape index (κ3) is 5.04. The summed E-state index contributed by atoms with van der Waals surface area (Å²) in [6.45, 7) is 6.90. The van der Waals surface area contributed by atoms with Crippen LogP contribution in [0.1, 0.15) is 43.9 Å². The van der Waals surface area contributed by atoms with Gasteiger partial charge in [-0.2, -0.15) is 0 Å².